The highest BCUT2D eigenvalue weighted by molar-refractivity contribution is 5.88. The average molecular weight is 269 g/mol. The van der Waals surface area contributed by atoms with E-state index in [9.17, 15) is 14.0 Å². The zero-order valence-corrected chi connectivity index (χ0v) is 10.9. The van der Waals surface area contributed by atoms with Gasteiger partial charge in [0.05, 0.1) is 5.56 Å². The van der Waals surface area contributed by atoms with E-state index in [2.05, 4.69) is 0 Å². The lowest BCUT2D eigenvalue weighted by Gasteiger charge is -2.18. The van der Waals surface area contributed by atoms with Crippen molar-refractivity contribution in [3.05, 3.63) is 29.6 Å². The Hall–Kier alpha value is -2.11. The summed E-state index contributed by atoms with van der Waals surface area (Å²) in [5.74, 6) is -2.17. The summed E-state index contributed by atoms with van der Waals surface area (Å²) in [5.41, 5.74) is -0.217. The molecule has 1 aromatic carbocycles. The second-order valence-corrected chi connectivity index (χ2v) is 3.84. The predicted octanol–water partition coefficient (Wildman–Crippen LogP) is 1.77. The van der Waals surface area contributed by atoms with Gasteiger partial charge < -0.3 is 14.7 Å². The molecule has 0 bridgehead atoms. The highest BCUT2D eigenvalue weighted by Gasteiger charge is 2.12. The molecular formula is C13H16FNO4. The van der Waals surface area contributed by atoms with Crippen LogP contribution >= 0.6 is 0 Å². The first-order valence-corrected chi connectivity index (χ1v) is 5.92. The molecule has 0 saturated carbocycles. The van der Waals surface area contributed by atoms with E-state index in [1.54, 1.807) is 4.90 Å². The second-order valence-electron chi connectivity index (χ2n) is 3.84. The molecule has 104 valence electrons. The molecule has 0 unspecified atom stereocenters. The maximum atomic E-state index is 13.2. The van der Waals surface area contributed by atoms with Crippen LogP contribution in [0.2, 0.25) is 0 Å². The zero-order valence-electron chi connectivity index (χ0n) is 10.9. The number of aromatic carboxylic acids is 1. The van der Waals surface area contributed by atoms with Crippen molar-refractivity contribution >= 4 is 11.9 Å². The molecule has 19 heavy (non-hydrogen) atoms. The van der Waals surface area contributed by atoms with Crippen molar-refractivity contribution in [3.8, 4) is 5.75 Å². The van der Waals surface area contributed by atoms with Crippen LogP contribution in [-0.4, -0.2) is 41.6 Å². The lowest BCUT2D eigenvalue weighted by molar-refractivity contribution is -0.132. The van der Waals surface area contributed by atoms with Crippen molar-refractivity contribution in [3.63, 3.8) is 0 Å². The van der Waals surface area contributed by atoms with E-state index in [0.29, 0.717) is 13.1 Å². The van der Waals surface area contributed by atoms with Crippen LogP contribution in [0.4, 0.5) is 4.39 Å². The number of nitrogens with zero attached hydrogens (tertiary/aromatic N) is 1. The fourth-order valence-electron chi connectivity index (χ4n) is 1.58. The molecule has 0 aliphatic rings. The summed E-state index contributed by atoms with van der Waals surface area (Å²) in [7, 11) is 0. The molecule has 1 rings (SSSR count). The molecule has 0 spiro atoms. The SMILES string of the molecule is CCN(CC)C(=O)COc1cc(F)cc(C(=O)O)c1. The van der Waals surface area contributed by atoms with E-state index in [-0.39, 0.29) is 23.8 Å². The highest BCUT2D eigenvalue weighted by Crippen LogP contribution is 2.16. The van der Waals surface area contributed by atoms with Crippen molar-refractivity contribution in [2.45, 2.75) is 13.8 Å². The van der Waals surface area contributed by atoms with Crippen LogP contribution in [0.1, 0.15) is 24.2 Å². The van der Waals surface area contributed by atoms with E-state index >= 15 is 0 Å². The number of ether oxygens (including phenoxy) is 1. The third-order valence-corrected chi connectivity index (χ3v) is 2.60. The zero-order chi connectivity index (χ0) is 14.4. The molecule has 0 atom stereocenters. The molecule has 0 aliphatic carbocycles. The highest BCUT2D eigenvalue weighted by atomic mass is 19.1. The fraction of sp³-hybridized carbons (Fsp3) is 0.385. The minimum Gasteiger partial charge on any atom is -0.484 e. The Morgan fingerprint density at radius 1 is 1.26 bits per heavy atom. The van der Waals surface area contributed by atoms with Crippen LogP contribution in [0, 0.1) is 5.82 Å². The predicted molar refractivity (Wildman–Crippen MR) is 66.8 cm³/mol. The van der Waals surface area contributed by atoms with Gasteiger partial charge in [0, 0.05) is 19.2 Å². The van der Waals surface area contributed by atoms with Gasteiger partial charge in [-0.1, -0.05) is 0 Å². The Balaban J connectivity index is 2.72. The number of benzene rings is 1. The Kier molecular flexibility index (Phi) is 5.29. The van der Waals surface area contributed by atoms with Gasteiger partial charge in [0.25, 0.3) is 5.91 Å². The summed E-state index contributed by atoms with van der Waals surface area (Å²) in [6.45, 7) is 4.55. The first kappa shape index (κ1) is 14.9. The first-order valence-electron chi connectivity index (χ1n) is 5.92. The van der Waals surface area contributed by atoms with Crippen molar-refractivity contribution in [1.29, 1.82) is 0 Å². The number of hydrogen-bond donors (Lipinski definition) is 1. The van der Waals surface area contributed by atoms with Crippen molar-refractivity contribution in [2.24, 2.45) is 0 Å². The molecule has 6 heteroatoms. The van der Waals surface area contributed by atoms with E-state index < -0.39 is 11.8 Å². The van der Waals surface area contributed by atoms with Gasteiger partial charge >= 0.3 is 5.97 Å². The van der Waals surface area contributed by atoms with Crippen LogP contribution in [0.25, 0.3) is 0 Å². The number of carboxylic acids is 1. The number of likely N-dealkylation sites (N-methyl/N-ethyl adjacent to an activating group) is 1. The molecule has 0 heterocycles. The fourth-order valence-corrected chi connectivity index (χ4v) is 1.58. The van der Waals surface area contributed by atoms with Gasteiger partial charge in [-0.05, 0) is 26.0 Å². The molecule has 5 nitrogen and oxygen atoms in total. The number of hydrogen-bond acceptors (Lipinski definition) is 3. The lowest BCUT2D eigenvalue weighted by atomic mass is 10.2. The molecule has 0 radical (unpaired) electrons. The third kappa shape index (κ3) is 4.24. The van der Waals surface area contributed by atoms with Crippen LogP contribution in [0.5, 0.6) is 5.75 Å². The van der Waals surface area contributed by atoms with Gasteiger partial charge in [-0.15, -0.1) is 0 Å². The van der Waals surface area contributed by atoms with Crippen LogP contribution in [0.3, 0.4) is 0 Å². The van der Waals surface area contributed by atoms with Gasteiger partial charge in [0.1, 0.15) is 11.6 Å². The molecule has 0 aromatic heterocycles. The minimum absolute atomic E-state index is 0.0258. The summed E-state index contributed by atoms with van der Waals surface area (Å²) < 4.78 is 18.3. The van der Waals surface area contributed by atoms with Gasteiger partial charge in [-0.2, -0.15) is 0 Å². The van der Waals surface area contributed by atoms with E-state index in [0.717, 1.165) is 12.1 Å². The maximum absolute atomic E-state index is 13.2. The van der Waals surface area contributed by atoms with Crippen molar-refractivity contribution in [1.82, 2.24) is 4.90 Å². The Bertz CT molecular complexity index is 472. The standard InChI is InChI=1S/C13H16FNO4/c1-3-15(4-2)12(16)8-19-11-6-9(13(17)18)5-10(14)7-11/h5-7H,3-4,8H2,1-2H3,(H,17,18). The summed E-state index contributed by atoms with van der Waals surface area (Å²) in [4.78, 5) is 24.0. The van der Waals surface area contributed by atoms with Gasteiger partial charge in [0.2, 0.25) is 0 Å². The normalized spacial score (nSPS) is 10.1. The van der Waals surface area contributed by atoms with Crippen LogP contribution in [0.15, 0.2) is 18.2 Å². The van der Waals surface area contributed by atoms with Crippen LogP contribution in [-0.2, 0) is 4.79 Å². The Morgan fingerprint density at radius 2 is 1.89 bits per heavy atom. The monoisotopic (exact) mass is 269 g/mol. The van der Waals surface area contributed by atoms with Crippen molar-refractivity contribution in [2.75, 3.05) is 19.7 Å². The van der Waals surface area contributed by atoms with E-state index in [1.165, 1.54) is 6.07 Å². The van der Waals surface area contributed by atoms with Gasteiger partial charge in [-0.3, -0.25) is 4.79 Å². The average Bonchev–Trinajstić information content (AvgIpc) is 2.37. The first-order chi connectivity index (χ1) is 8.97. The quantitative estimate of drug-likeness (QED) is 0.854. The summed E-state index contributed by atoms with van der Waals surface area (Å²) in [5, 5.41) is 8.78. The van der Waals surface area contributed by atoms with Crippen LogP contribution < -0.4 is 4.74 Å². The molecule has 0 fully saturated rings. The number of carbonyl (C=O) groups excluding carboxylic acids is 1. The molecule has 0 aliphatic heterocycles. The van der Waals surface area contributed by atoms with Crippen molar-refractivity contribution < 1.29 is 23.8 Å². The third-order valence-electron chi connectivity index (χ3n) is 2.60. The molecule has 0 saturated heterocycles. The topological polar surface area (TPSA) is 66.8 Å². The van der Waals surface area contributed by atoms with Gasteiger partial charge in [0.15, 0.2) is 6.61 Å². The lowest BCUT2D eigenvalue weighted by Crippen LogP contribution is -2.34. The molecule has 1 N–H and O–H groups in total. The van der Waals surface area contributed by atoms with E-state index in [1.807, 2.05) is 13.8 Å². The largest absolute Gasteiger partial charge is 0.484 e. The van der Waals surface area contributed by atoms with E-state index in [4.69, 9.17) is 9.84 Å². The second kappa shape index (κ2) is 6.72. The smallest absolute Gasteiger partial charge is 0.335 e. The number of halogens is 1. The Labute approximate surface area is 110 Å². The van der Waals surface area contributed by atoms with Gasteiger partial charge in [-0.25, -0.2) is 9.18 Å². The molecular weight excluding hydrogens is 253 g/mol. The number of carbonyl (C=O) groups is 2. The summed E-state index contributed by atoms with van der Waals surface area (Å²) in [6.07, 6.45) is 0. The number of carboxylic acid groups (broad SMARTS) is 1. The summed E-state index contributed by atoms with van der Waals surface area (Å²) in [6, 6.07) is 3.12. The molecule has 1 amide bonds. The summed E-state index contributed by atoms with van der Waals surface area (Å²) >= 11 is 0. The molecule has 1 aromatic rings. The minimum atomic E-state index is -1.25. The maximum Gasteiger partial charge on any atom is 0.335 e. The number of amides is 1. The Morgan fingerprint density at radius 3 is 2.42 bits per heavy atom. The number of rotatable bonds is 6.